The van der Waals surface area contributed by atoms with E-state index in [1.807, 2.05) is 20.8 Å². The summed E-state index contributed by atoms with van der Waals surface area (Å²) < 4.78 is 5.31. The zero-order chi connectivity index (χ0) is 11.5. The maximum absolute atomic E-state index is 11.8. The molecule has 0 heterocycles. The van der Waals surface area contributed by atoms with Gasteiger partial charge in [-0.1, -0.05) is 0 Å². The first-order valence-electron chi connectivity index (χ1n) is 5.28. The minimum atomic E-state index is -0.444. The Morgan fingerprint density at radius 2 is 2.07 bits per heavy atom. The number of hydrogen-bond acceptors (Lipinski definition) is 5. The predicted molar refractivity (Wildman–Crippen MR) is 55.4 cm³/mol. The normalized spacial score (nSPS) is 26.7. The van der Waals surface area contributed by atoms with Crippen molar-refractivity contribution in [2.45, 2.75) is 51.7 Å². The van der Waals surface area contributed by atoms with Gasteiger partial charge in [0.25, 0.3) is 0 Å². The molecule has 0 aromatic rings. The lowest BCUT2D eigenvalue weighted by Crippen LogP contribution is -2.37. The lowest BCUT2D eigenvalue weighted by molar-refractivity contribution is -0.166. The number of ether oxygens (including phenoxy) is 1. The van der Waals surface area contributed by atoms with Crippen molar-refractivity contribution in [1.82, 2.24) is 5.59 Å². The van der Waals surface area contributed by atoms with Crippen LogP contribution in [0.2, 0.25) is 0 Å². The highest BCUT2D eigenvalue weighted by atomic mass is 16.7. The third-order valence-electron chi connectivity index (χ3n) is 2.38. The number of hydrogen-bond donors (Lipinski definition) is 2. The average molecular weight is 216 g/mol. The van der Waals surface area contributed by atoms with E-state index in [2.05, 4.69) is 5.59 Å². The van der Waals surface area contributed by atoms with Crippen LogP contribution in [0, 0.1) is 5.92 Å². The van der Waals surface area contributed by atoms with Crippen molar-refractivity contribution in [3.05, 3.63) is 0 Å². The van der Waals surface area contributed by atoms with Crippen molar-refractivity contribution >= 4 is 5.97 Å². The lowest BCUT2D eigenvalue weighted by Gasteiger charge is -2.24. The van der Waals surface area contributed by atoms with Gasteiger partial charge in [0.05, 0.1) is 12.0 Å². The topological polar surface area (TPSA) is 73.6 Å². The van der Waals surface area contributed by atoms with Crippen LogP contribution in [-0.4, -0.2) is 17.7 Å². The van der Waals surface area contributed by atoms with E-state index in [4.69, 9.17) is 15.4 Å². The van der Waals surface area contributed by atoms with E-state index >= 15 is 0 Å². The number of carbonyl (C=O) groups is 1. The Hall–Kier alpha value is -0.650. The second kappa shape index (κ2) is 4.92. The zero-order valence-corrected chi connectivity index (χ0v) is 9.58. The Bertz CT molecular complexity index is 225. The highest BCUT2D eigenvalue weighted by Gasteiger charge is 2.36. The Kier molecular flexibility index (Phi) is 4.07. The average Bonchev–Trinajstić information content (AvgIpc) is 2.49. The monoisotopic (exact) mass is 216 g/mol. The van der Waals surface area contributed by atoms with Crippen molar-refractivity contribution in [3.8, 4) is 0 Å². The molecule has 0 unspecified atom stereocenters. The number of esters is 1. The third kappa shape index (κ3) is 3.77. The molecule has 5 heteroatoms. The minimum Gasteiger partial charge on any atom is -0.460 e. The zero-order valence-electron chi connectivity index (χ0n) is 9.58. The van der Waals surface area contributed by atoms with Crippen LogP contribution in [0.25, 0.3) is 0 Å². The third-order valence-corrected chi connectivity index (χ3v) is 2.38. The molecule has 88 valence electrons. The highest BCUT2D eigenvalue weighted by molar-refractivity contribution is 5.73. The summed E-state index contributed by atoms with van der Waals surface area (Å²) in [5.74, 6) is 4.69. The van der Waals surface area contributed by atoms with Crippen LogP contribution >= 0.6 is 0 Å². The van der Waals surface area contributed by atoms with Crippen molar-refractivity contribution in [2.24, 2.45) is 11.8 Å². The van der Waals surface area contributed by atoms with Gasteiger partial charge < -0.3 is 4.74 Å². The summed E-state index contributed by atoms with van der Waals surface area (Å²) in [6.07, 6.45) is 2.45. The number of nitrogens with one attached hydrogen (secondary N) is 1. The molecule has 0 bridgehead atoms. The molecule has 0 aromatic heterocycles. The quantitative estimate of drug-likeness (QED) is 0.416. The molecule has 0 aliphatic heterocycles. The van der Waals surface area contributed by atoms with Crippen LogP contribution in [-0.2, 0) is 14.4 Å². The number of rotatable bonds is 3. The second-order valence-electron chi connectivity index (χ2n) is 4.85. The Balaban J connectivity index is 2.51. The number of carbonyl (C=O) groups excluding carboxylic acids is 1. The van der Waals surface area contributed by atoms with Gasteiger partial charge in [0, 0.05) is 0 Å². The van der Waals surface area contributed by atoms with Crippen LogP contribution in [0.15, 0.2) is 0 Å². The Morgan fingerprint density at radius 1 is 1.40 bits per heavy atom. The maximum atomic E-state index is 11.8. The summed E-state index contributed by atoms with van der Waals surface area (Å²) >= 11 is 0. The van der Waals surface area contributed by atoms with E-state index in [1.54, 1.807) is 0 Å². The van der Waals surface area contributed by atoms with E-state index in [9.17, 15) is 4.79 Å². The summed E-state index contributed by atoms with van der Waals surface area (Å²) in [6, 6.07) is 0. The van der Waals surface area contributed by atoms with E-state index in [0.29, 0.717) is 0 Å². The predicted octanol–water partition coefficient (Wildman–Crippen LogP) is 0.892. The van der Waals surface area contributed by atoms with Crippen molar-refractivity contribution in [1.29, 1.82) is 0 Å². The molecule has 0 saturated heterocycles. The smallest absolute Gasteiger partial charge is 0.312 e. The summed E-state index contributed by atoms with van der Waals surface area (Å²) in [7, 11) is 0. The molecular formula is C10H20N2O3. The van der Waals surface area contributed by atoms with Crippen LogP contribution in [0.4, 0.5) is 0 Å². The Morgan fingerprint density at radius 3 is 2.60 bits per heavy atom. The molecular weight excluding hydrogens is 196 g/mol. The lowest BCUT2D eigenvalue weighted by atomic mass is 10.1. The van der Waals surface area contributed by atoms with Crippen molar-refractivity contribution in [2.75, 3.05) is 0 Å². The molecule has 1 fully saturated rings. The van der Waals surface area contributed by atoms with Gasteiger partial charge in [-0.25, -0.2) is 5.84 Å². The molecule has 1 rings (SSSR count). The number of hydrazine groups is 1. The fourth-order valence-electron chi connectivity index (χ4n) is 1.80. The molecule has 3 N–H and O–H groups in total. The van der Waals surface area contributed by atoms with Gasteiger partial charge in [-0.15, -0.1) is 5.59 Å². The van der Waals surface area contributed by atoms with Crippen LogP contribution in [0.5, 0.6) is 0 Å². The van der Waals surface area contributed by atoms with Crippen molar-refractivity contribution < 1.29 is 14.4 Å². The van der Waals surface area contributed by atoms with Crippen molar-refractivity contribution in [3.63, 3.8) is 0 Å². The Labute approximate surface area is 90.2 Å². The van der Waals surface area contributed by atoms with Gasteiger partial charge in [-0.05, 0) is 40.0 Å². The van der Waals surface area contributed by atoms with E-state index in [0.717, 1.165) is 19.3 Å². The fourth-order valence-corrected chi connectivity index (χ4v) is 1.80. The second-order valence-corrected chi connectivity index (χ2v) is 4.85. The first kappa shape index (κ1) is 12.4. The molecule has 1 aliphatic rings. The molecule has 2 atom stereocenters. The van der Waals surface area contributed by atoms with Crippen LogP contribution < -0.4 is 11.4 Å². The molecule has 1 saturated carbocycles. The largest absolute Gasteiger partial charge is 0.460 e. The highest BCUT2D eigenvalue weighted by Crippen LogP contribution is 2.29. The molecule has 0 spiro atoms. The minimum absolute atomic E-state index is 0.162. The number of nitrogens with two attached hydrogens (primary N) is 1. The summed E-state index contributed by atoms with van der Waals surface area (Å²) in [6.45, 7) is 5.57. The maximum Gasteiger partial charge on any atom is 0.312 e. The molecule has 15 heavy (non-hydrogen) atoms. The molecule has 0 amide bonds. The van der Waals surface area contributed by atoms with Crippen LogP contribution in [0.3, 0.4) is 0 Å². The van der Waals surface area contributed by atoms with Gasteiger partial charge in [-0.3, -0.25) is 9.63 Å². The standard InChI is InChI=1S/C10H20N2O3/c1-10(2,3)14-9(13)7-5-4-6-8(7)15-12-11/h7-8,12H,4-6,11H2,1-3H3/t7-,8+/m0/s1. The van der Waals surface area contributed by atoms with Gasteiger partial charge in [-0.2, -0.15) is 0 Å². The van der Waals surface area contributed by atoms with Gasteiger partial charge >= 0.3 is 5.97 Å². The first-order valence-corrected chi connectivity index (χ1v) is 5.28. The molecule has 5 nitrogen and oxygen atoms in total. The fraction of sp³-hybridized carbons (Fsp3) is 0.900. The van der Waals surface area contributed by atoms with Gasteiger partial charge in [0.2, 0.25) is 0 Å². The summed E-state index contributed by atoms with van der Waals surface area (Å²) in [5, 5.41) is 0. The van der Waals surface area contributed by atoms with E-state index in [-0.39, 0.29) is 18.0 Å². The summed E-state index contributed by atoms with van der Waals surface area (Å²) in [4.78, 5) is 16.9. The van der Waals surface area contributed by atoms with Gasteiger partial charge in [0.1, 0.15) is 5.60 Å². The SMILES string of the molecule is CC(C)(C)OC(=O)[C@H]1CCC[C@H]1ONN. The molecule has 0 aromatic carbocycles. The van der Waals surface area contributed by atoms with Crippen LogP contribution in [0.1, 0.15) is 40.0 Å². The van der Waals surface area contributed by atoms with E-state index < -0.39 is 5.60 Å². The summed E-state index contributed by atoms with van der Waals surface area (Å²) in [5.41, 5.74) is 1.71. The van der Waals surface area contributed by atoms with Gasteiger partial charge in [0.15, 0.2) is 0 Å². The molecule has 1 aliphatic carbocycles. The van der Waals surface area contributed by atoms with E-state index in [1.165, 1.54) is 0 Å². The molecule has 0 radical (unpaired) electrons. The first-order chi connectivity index (χ1) is 6.94.